The van der Waals surface area contributed by atoms with Gasteiger partial charge in [-0.1, -0.05) is 32.4 Å². The van der Waals surface area contributed by atoms with Crippen molar-refractivity contribution < 1.29 is 17.6 Å². The highest BCUT2D eigenvalue weighted by atomic mass is 35.5. The van der Waals surface area contributed by atoms with Gasteiger partial charge in [0, 0.05) is 11.5 Å². The lowest BCUT2D eigenvalue weighted by molar-refractivity contribution is -0.143. The van der Waals surface area contributed by atoms with Gasteiger partial charge >= 0.3 is 11.9 Å². The minimum absolute atomic E-state index is 0.00798. The molecule has 0 saturated heterocycles. The van der Waals surface area contributed by atoms with Crippen LogP contribution in [0.25, 0.3) is 16.8 Å². The summed E-state index contributed by atoms with van der Waals surface area (Å²) in [4.78, 5) is 29.0. The molecule has 27 heavy (non-hydrogen) atoms. The standard InChI is InChI=1S/C16H14ClF3N4O3/c1-15(2,3)13-22-11-7(17)4-5-8(12(11)27-13)23-10(25)6-9(16(18,19)20)24(21)14(23)26/h4-6H,21H2,1-3H3. The summed E-state index contributed by atoms with van der Waals surface area (Å²) in [6.45, 7) is 5.47. The van der Waals surface area contributed by atoms with Crippen LogP contribution in [0.5, 0.6) is 0 Å². The summed E-state index contributed by atoms with van der Waals surface area (Å²) in [5.41, 5.74) is -4.62. The molecule has 2 heterocycles. The summed E-state index contributed by atoms with van der Waals surface area (Å²) >= 11 is 6.11. The van der Waals surface area contributed by atoms with E-state index < -0.39 is 28.5 Å². The van der Waals surface area contributed by atoms with Gasteiger partial charge in [0.2, 0.25) is 5.89 Å². The van der Waals surface area contributed by atoms with Gasteiger partial charge in [-0.2, -0.15) is 13.2 Å². The average molecular weight is 403 g/mol. The minimum atomic E-state index is -4.97. The van der Waals surface area contributed by atoms with Crippen LogP contribution >= 0.6 is 11.6 Å². The Bertz CT molecular complexity index is 1170. The number of oxazole rings is 1. The number of nitrogen functional groups attached to an aromatic ring is 1. The lowest BCUT2D eigenvalue weighted by atomic mass is 9.97. The number of halogens is 4. The third kappa shape index (κ3) is 3.09. The molecule has 0 aliphatic rings. The molecule has 144 valence electrons. The van der Waals surface area contributed by atoms with Crippen molar-refractivity contribution >= 4 is 22.7 Å². The molecule has 0 aliphatic heterocycles. The number of hydrogen-bond donors (Lipinski definition) is 1. The quantitative estimate of drug-likeness (QED) is 0.631. The molecule has 0 bridgehead atoms. The first-order chi connectivity index (χ1) is 12.3. The van der Waals surface area contributed by atoms with Crippen LogP contribution in [0, 0.1) is 0 Å². The molecule has 11 heteroatoms. The topological polar surface area (TPSA) is 96.0 Å². The van der Waals surface area contributed by atoms with Crippen LogP contribution < -0.4 is 17.1 Å². The Morgan fingerprint density at radius 3 is 2.37 bits per heavy atom. The van der Waals surface area contributed by atoms with E-state index in [0.29, 0.717) is 4.57 Å². The lowest BCUT2D eigenvalue weighted by Gasteiger charge is -2.14. The van der Waals surface area contributed by atoms with Gasteiger partial charge < -0.3 is 10.3 Å². The van der Waals surface area contributed by atoms with Crippen molar-refractivity contribution in [3.05, 3.63) is 55.6 Å². The second-order valence-electron chi connectivity index (χ2n) is 6.87. The SMILES string of the molecule is CC(C)(C)c1nc2c(Cl)ccc(-n3c(=O)cc(C(F)(F)F)n(N)c3=O)c2o1. The van der Waals surface area contributed by atoms with Crippen LogP contribution in [0.4, 0.5) is 13.2 Å². The van der Waals surface area contributed by atoms with Crippen LogP contribution in [0.15, 0.2) is 32.2 Å². The molecule has 1 aromatic carbocycles. The second kappa shape index (κ2) is 5.88. The summed E-state index contributed by atoms with van der Waals surface area (Å²) in [6, 6.07) is 2.87. The Morgan fingerprint density at radius 1 is 1.19 bits per heavy atom. The highest BCUT2D eigenvalue weighted by Gasteiger charge is 2.36. The number of alkyl halides is 3. The van der Waals surface area contributed by atoms with Gasteiger partial charge in [-0.25, -0.2) is 19.0 Å². The number of rotatable bonds is 1. The number of fused-ring (bicyclic) bond motifs is 1. The van der Waals surface area contributed by atoms with E-state index >= 15 is 0 Å². The van der Waals surface area contributed by atoms with E-state index in [9.17, 15) is 22.8 Å². The zero-order chi connectivity index (χ0) is 20.3. The van der Waals surface area contributed by atoms with E-state index in [1.54, 1.807) is 0 Å². The molecule has 0 fully saturated rings. The first-order valence-electron chi connectivity index (χ1n) is 7.63. The normalized spacial score (nSPS) is 12.7. The predicted molar refractivity (Wildman–Crippen MR) is 92.7 cm³/mol. The van der Waals surface area contributed by atoms with Crippen molar-refractivity contribution in [1.29, 1.82) is 0 Å². The summed E-state index contributed by atoms with van der Waals surface area (Å²) in [5.74, 6) is 5.55. The van der Waals surface area contributed by atoms with Gasteiger partial charge in [-0.15, -0.1) is 0 Å². The molecular weight excluding hydrogens is 389 g/mol. The van der Waals surface area contributed by atoms with E-state index in [1.807, 2.05) is 20.8 Å². The largest absolute Gasteiger partial charge is 0.438 e. The van der Waals surface area contributed by atoms with Gasteiger partial charge in [-0.05, 0) is 12.1 Å². The Kier molecular flexibility index (Phi) is 4.14. The third-order valence-electron chi connectivity index (χ3n) is 3.78. The molecule has 0 saturated carbocycles. The van der Waals surface area contributed by atoms with Crippen molar-refractivity contribution in [2.24, 2.45) is 0 Å². The minimum Gasteiger partial charge on any atom is -0.438 e. The molecule has 0 unspecified atom stereocenters. The number of nitrogens with zero attached hydrogens (tertiary/aromatic N) is 3. The predicted octanol–water partition coefficient (Wildman–Crippen LogP) is 2.82. The van der Waals surface area contributed by atoms with Crippen LogP contribution in [-0.4, -0.2) is 14.2 Å². The van der Waals surface area contributed by atoms with Crippen molar-refractivity contribution in [2.75, 3.05) is 5.84 Å². The van der Waals surface area contributed by atoms with Gasteiger partial charge in [0.25, 0.3) is 5.56 Å². The number of aromatic nitrogens is 3. The first-order valence-corrected chi connectivity index (χ1v) is 8.01. The molecule has 7 nitrogen and oxygen atoms in total. The van der Waals surface area contributed by atoms with Crippen LogP contribution in [0.3, 0.4) is 0 Å². The van der Waals surface area contributed by atoms with Crippen molar-refractivity contribution in [2.45, 2.75) is 32.4 Å². The fourth-order valence-electron chi connectivity index (χ4n) is 2.46. The molecule has 0 aliphatic carbocycles. The van der Waals surface area contributed by atoms with Crippen molar-refractivity contribution in [3.8, 4) is 5.69 Å². The van der Waals surface area contributed by atoms with Gasteiger partial charge in [0.1, 0.15) is 5.52 Å². The molecule has 2 N–H and O–H groups in total. The Labute approximate surface area is 154 Å². The lowest BCUT2D eigenvalue weighted by Crippen LogP contribution is -2.45. The van der Waals surface area contributed by atoms with E-state index in [4.69, 9.17) is 21.9 Å². The number of benzene rings is 1. The fraction of sp³-hybridized carbons (Fsp3) is 0.312. The van der Waals surface area contributed by atoms with E-state index in [0.717, 1.165) is 0 Å². The van der Waals surface area contributed by atoms with Gasteiger partial charge in [0.05, 0.1) is 10.7 Å². The zero-order valence-electron chi connectivity index (χ0n) is 14.4. The Morgan fingerprint density at radius 2 is 1.81 bits per heavy atom. The molecule has 0 amide bonds. The maximum atomic E-state index is 12.9. The first kappa shape index (κ1) is 19.0. The summed E-state index contributed by atoms with van der Waals surface area (Å²) in [7, 11) is 0. The molecule has 3 aromatic rings. The number of nitrogens with two attached hydrogens (primary N) is 1. The van der Waals surface area contributed by atoms with Gasteiger partial charge in [0.15, 0.2) is 11.3 Å². The van der Waals surface area contributed by atoms with Crippen molar-refractivity contribution in [3.63, 3.8) is 0 Å². The molecule has 3 rings (SSSR count). The van der Waals surface area contributed by atoms with E-state index in [1.165, 1.54) is 12.1 Å². The Hall–Kier alpha value is -2.75. The smallest absolute Gasteiger partial charge is 0.433 e. The van der Waals surface area contributed by atoms with Crippen molar-refractivity contribution in [1.82, 2.24) is 14.2 Å². The summed E-state index contributed by atoms with van der Waals surface area (Å²) in [5, 5.41) is 0.195. The second-order valence-corrected chi connectivity index (χ2v) is 7.27. The Balaban J connectivity index is 2.39. The summed E-state index contributed by atoms with van der Waals surface area (Å²) in [6.07, 6.45) is -4.97. The van der Waals surface area contributed by atoms with Gasteiger partial charge in [-0.3, -0.25) is 4.79 Å². The van der Waals surface area contributed by atoms with Crippen LogP contribution in [0.2, 0.25) is 5.02 Å². The fourth-order valence-corrected chi connectivity index (χ4v) is 2.65. The maximum Gasteiger partial charge on any atom is 0.433 e. The number of hydrogen-bond acceptors (Lipinski definition) is 5. The zero-order valence-corrected chi connectivity index (χ0v) is 15.1. The third-order valence-corrected chi connectivity index (χ3v) is 4.09. The van der Waals surface area contributed by atoms with E-state index in [2.05, 4.69) is 4.98 Å². The average Bonchev–Trinajstić information content (AvgIpc) is 2.98. The monoisotopic (exact) mass is 402 g/mol. The summed E-state index contributed by atoms with van der Waals surface area (Å²) < 4.78 is 44.9. The van der Waals surface area contributed by atoms with Crippen LogP contribution in [-0.2, 0) is 11.6 Å². The van der Waals surface area contributed by atoms with Crippen LogP contribution in [0.1, 0.15) is 32.4 Å². The highest BCUT2D eigenvalue weighted by Crippen LogP contribution is 2.33. The molecule has 0 atom stereocenters. The van der Waals surface area contributed by atoms with E-state index in [-0.39, 0.29) is 38.4 Å². The maximum absolute atomic E-state index is 12.9. The molecule has 0 spiro atoms. The molecule has 2 aromatic heterocycles. The molecule has 0 radical (unpaired) electrons. The molecular formula is C16H14ClF3N4O3. The highest BCUT2D eigenvalue weighted by molar-refractivity contribution is 6.35.